The maximum Gasteiger partial charge on any atom is 0.408 e. The van der Waals surface area contributed by atoms with Crippen LogP contribution in [-0.4, -0.2) is 35.2 Å². The number of anilines is 1. The summed E-state index contributed by atoms with van der Waals surface area (Å²) in [4.78, 5) is 35.9. The lowest BCUT2D eigenvalue weighted by Gasteiger charge is -2.23. The number of amides is 2. The van der Waals surface area contributed by atoms with Crippen molar-refractivity contribution in [2.45, 2.75) is 52.9 Å². The van der Waals surface area contributed by atoms with Crippen molar-refractivity contribution in [2.75, 3.05) is 11.9 Å². The molecule has 2 rings (SSSR count). The van der Waals surface area contributed by atoms with Crippen molar-refractivity contribution in [3.05, 3.63) is 69.3 Å². The van der Waals surface area contributed by atoms with Crippen LogP contribution in [0.3, 0.4) is 0 Å². The van der Waals surface area contributed by atoms with Crippen molar-refractivity contribution in [3.8, 4) is 0 Å². The van der Waals surface area contributed by atoms with Gasteiger partial charge < -0.3 is 20.1 Å². The van der Waals surface area contributed by atoms with Gasteiger partial charge >= 0.3 is 6.09 Å². The van der Waals surface area contributed by atoms with Crippen molar-refractivity contribution in [1.82, 2.24) is 5.32 Å². The third-order valence-electron chi connectivity index (χ3n) is 4.51. The zero-order valence-electron chi connectivity index (χ0n) is 18.9. The summed E-state index contributed by atoms with van der Waals surface area (Å²) in [5.74, 6) is -0.582. The number of aryl methyl sites for hydroxylation is 1. The Morgan fingerprint density at radius 2 is 1.78 bits per heavy atom. The molecule has 32 heavy (non-hydrogen) atoms. The first-order valence-electron chi connectivity index (χ1n) is 10.1. The van der Waals surface area contributed by atoms with E-state index < -0.39 is 28.6 Å². The van der Waals surface area contributed by atoms with Gasteiger partial charge in [0.05, 0.1) is 18.1 Å². The Bertz CT molecular complexity index is 970. The average molecular weight is 444 g/mol. The Kier molecular flexibility index (Phi) is 8.31. The van der Waals surface area contributed by atoms with Crippen LogP contribution in [0.15, 0.2) is 42.5 Å². The van der Waals surface area contributed by atoms with Crippen LogP contribution in [0.1, 0.15) is 37.5 Å². The summed E-state index contributed by atoms with van der Waals surface area (Å²) < 4.78 is 10.9. The normalized spacial score (nSPS) is 12.0. The SMILES string of the molecule is Cc1cc(NC(=O)C(COCc2ccccc2)NC(=O)OC(C)(C)C)cc([N+](=O)[O-])c1C. The fourth-order valence-corrected chi connectivity index (χ4v) is 2.83. The lowest BCUT2D eigenvalue weighted by atomic mass is 10.1. The van der Waals surface area contributed by atoms with Gasteiger partial charge in [0.1, 0.15) is 11.6 Å². The summed E-state index contributed by atoms with van der Waals surface area (Å²) >= 11 is 0. The van der Waals surface area contributed by atoms with E-state index in [1.54, 1.807) is 40.7 Å². The molecule has 0 heterocycles. The van der Waals surface area contributed by atoms with Gasteiger partial charge in [0.25, 0.3) is 5.69 Å². The first-order chi connectivity index (χ1) is 15.0. The van der Waals surface area contributed by atoms with E-state index >= 15 is 0 Å². The first-order valence-corrected chi connectivity index (χ1v) is 10.1. The number of nitrogens with zero attached hydrogens (tertiary/aromatic N) is 1. The van der Waals surface area contributed by atoms with Crippen molar-refractivity contribution in [1.29, 1.82) is 0 Å². The van der Waals surface area contributed by atoms with E-state index in [0.29, 0.717) is 11.1 Å². The van der Waals surface area contributed by atoms with Crippen molar-refractivity contribution in [3.63, 3.8) is 0 Å². The minimum Gasteiger partial charge on any atom is -0.444 e. The van der Waals surface area contributed by atoms with Gasteiger partial charge in [-0.2, -0.15) is 0 Å². The first kappa shape index (κ1) is 24.8. The lowest BCUT2D eigenvalue weighted by molar-refractivity contribution is -0.385. The number of hydrogen-bond acceptors (Lipinski definition) is 6. The number of nitrogens with one attached hydrogen (secondary N) is 2. The Labute approximate surface area is 187 Å². The molecule has 1 atom stereocenters. The summed E-state index contributed by atoms with van der Waals surface area (Å²) in [6.45, 7) is 8.62. The molecular weight excluding hydrogens is 414 g/mol. The summed E-state index contributed by atoms with van der Waals surface area (Å²) in [5.41, 5.74) is 1.49. The molecule has 0 spiro atoms. The van der Waals surface area contributed by atoms with E-state index in [2.05, 4.69) is 10.6 Å². The smallest absolute Gasteiger partial charge is 0.408 e. The second kappa shape index (κ2) is 10.7. The van der Waals surface area contributed by atoms with Gasteiger partial charge in [-0.3, -0.25) is 14.9 Å². The van der Waals surface area contributed by atoms with Crippen molar-refractivity contribution in [2.24, 2.45) is 0 Å². The number of carbonyl (C=O) groups is 2. The van der Waals surface area contributed by atoms with Gasteiger partial charge in [-0.25, -0.2) is 4.79 Å². The fraction of sp³-hybridized carbons (Fsp3) is 0.391. The summed E-state index contributed by atoms with van der Waals surface area (Å²) in [7, 11) is 0. The average Bonchev–Trinajstić information content (AvgIpc) is 2.69. The lowest BCUT2D eigenvalue weighted by Crippen LogP contribution is -2.48. The minimum absolute atomic E-state index is 0.0997. The number of rotatable bonds is 8. The molecule has 2 N–H and O–H groups in total. The maximum absolute atomic E-state index is 12.9. The quantitative estimate of drug-likeness (QED) is 0.465. The predicted molar refractivity (Wildman–Crippen MR) is 120 cm³/mol. The number of alkyl carbamates (subject to hydrolysis) is 1. The van der Waals surface area contributed by atoms with Crippen LogP contribution in [0.5, 0.6) is 0 Å². The van der Waals surface area contributed by atoms with Crippen molar-refractivity contribution >= 4 is 23.4 Å². The van der Waals surface area contributed by atoms with E-state index in [1.807, 2.05) is 30.3 Å². The number of benzene rings is 2. The maximum atomic E-state index is 12.9. The molecule has 2 aromatic rings. The number of carbonyl (C=O) groups excluding carboxylic acids is 2. The van der Waals surface area contributed by atoms with Gasteiger partial charge in [0.15, 0.2) is 0 Å². The van der Waals surface area contributed by atoms with Crippen LogP contribution in [0, 0.1) is 24.0 Å². The Morgan fingerprint density at radius 1 is 1.12 bits per heavy atom. The molecular formula is C23H29N3O6. The number of ether oxygens (including phenoxy) is 2. The molecule has 1 unspecified atom stereocenters. The number of nitro benzene ring substituents is 1. The molecule has 0 fully saturated rings. The highest BCUT2D eigenvalue weighted by atomic mass is 16.6. The van der Waals surface area contributed by atoms with Gasteiger partial charge in [0, 0.05) is 17.3 Å². The molecule has 0 radical (unpaired) electrons. The summed E-state index contributed by atoms with van der Waals surface area (Å²) in [6.07, 6.45) is -0.771. The fourth-order valence-electron chi connectivity index (χ4n) is 2.83. The zero-order valence-corrected chi connectivity index (χ0v) is 18.9. The van der Waals surface area contributed by atoms with E-state index in [0.717, 1.165) is 5.56 Å². The van der Waals surface area contributed by atoms with Crippen molar-refractivity contribution < 1.29 is 24.0 Å². The molecule has 0 aromatic heterocycles. The van der Waals surface area contributed by atoms with Crippen LogP contribution in [-0.2, 0) is 20.9 Å². The molecule has 9 heteroatoms. The van der Waals surface area contributed by atoms with Crippen LogP contribution in [0.4, 0.5) is 16.2 Å². The van der Waals surface area contributed by atoms with Crippen LogP contribution >= 0.6 is 0 Å². The second-order valence-electron chi connectivity index (χ2n) is 8.38. The minimum atomic E-state index is -1.07. The Balaban J connectivity index is 2.15. The molecule has 0 saturated carbocycles. The monoisotopic (exact) mass is 443 g/mol. The highest BCUT2D eigenvalue weighted by Gasteiger charge is 2.25. The topological polar surface area (TPSA) is 120 Å². The highest BCUT2D eigenvalue weighted by molar-refractivity contribution is 5.97. The second-order valence-corrected chi connectivity index (χ2v) is 8.38. The predicted octanol–water partition coefficient (Wildman–Crippen LogP) is 4.26. The molecule has 2 aromatic carbocycles. The van der Waals surface area contributed by atoms with E-state index in [1.165, 1.54) is 6.07 Å². The van der Waals surface area contributed by atoms with Crippen LogP contribution in [0.2, 0.25) is 0 Å². The van der Waals surface area contributed by atoms with Crippen LogP contribution in [0.25, 0.3) is 0 Å². The number of hydrogen-bond donors (Lipinski definition) is 2. The van der Waals surface area contributed by atoms with Gasteiger partial charge in [-0.1, -0.05) is 30.3 Å². The van der Waals surface area contributed by atoms with Gasteiger partial charge in [-0.15, -0.1) is 0 Å². The van der Waals surface area contributed by atoms with E-state index in [-0.39, 0.29) is 24.6 Å². The standard InChI is InChI=1S/C23H29N3O6/c1-15-11-18(12-20(16(15)2)26(29)30)24-21(27)19(25-22(28)32-23(3,4)5)14-31-13-17-9-7-6-8-10-17/h6-12,19H,13-14H2,1-5H3,(H,24,27)(H,25,28). The van der Waals surface area contributed by atoms with E-state index in [9.17, 15) is 19.7 Å². The third-order valence-corrected chi connectivity index (χ3v) is 4.51. The van der Waals surface area contributed by atoms with Crippen LogP contribution < -0.4 is 10.6 Å². The molecule has 0 saturated heterocycles. The summed E-state index contributed by atoms with van der Waals surface area (Å²) in [5, 5.41) is 16.4. The molecule has 0 aliphatic carbocycles. The zero-order chi connectivity index (χ0) is 23.9. The largest absolute Gasteiger partial charge is 0.444 e. The molecule has 9 nitrogen and oxygen atoms in total. The molecule has 172 valence electrons. The molecule has 0 bridgehead atoms. The highest BCUT2D eigenvalue weighted by Crippen LogP contribution is 2.26. The Hall–Kier alpha value is -3.46. The third kappa shape index (κ3) is 7.66. The summed E-state index contributed by atoms with van der Waals surface area (Å²) in [6, 6.07) is 11.2. The Morgan fingerprint density at radius 3 is 2.38 bits per heavy atom. The molecule has 0 aliphatic rings. The van der Waals surface area contributed by atoms with E-state index in [4.69, 9.17) is 9.47 Å². The molecule has 0 aliphatic heterocycles. The van der Waals surface area contributed by atoms with Gasteiger partial charge in [0.2, 0.25) is 5.91 Å². The van der Waals surface area contributed by atoms with Gasteiger partial charge in [-0.05, 0) is 51.8 Å². The number of nitro groups is 1. The molecule has 2 amide bonds.